The van der Waals surface area contributed by atoms with Crippen molar-refractivity contribution in [3.05, 3.63) is 0 Å². The van der Waals surface area contributed by atoms with Gasteiger partial charge in [-0.2, -0.15) is 0 Å². The van der Waals surface area contributed by atoms with Crippen LogP contribution in [0.1, 0.15) is 6.92 Å². The van der Waals surface area contributed by atoms with E-state index >= 15 is 0 Å². The Morgan fingerprint density at radius 2 is 1.82 bits per heavy atom. The van der Waals surface area contributed by atoms with Crippen molar-refractivity contribution < 1.29 is 10.2 Å². The van der Waals surface area contributed by atoms with Gasteiger partial charge in [0.15, 0.2) is 0 Å². The van der Waals surface area contributed by atoms with Gasteiger partial charge in [0.1, 0.15) is 0 Å². The highest BCUT2D eigenvalue weighted by atomic mass is 16.3. The molecule has 0 radical (unpaired) electrons. The molecule has 0 spiro atoms. The summed E-state index contributed by atoms with van der Waals surface area (Å²) in [6.07, 6.45) is 0. The average molecular weight is 162 g/mol. The van der Waals surface area contributed by atoms with E-state index in [9.17, 15) is 0 Å². The fraction of sp³-hybridized carbons (Fsp3) is 1.00. The number of rotatable bonds is 5. The Morgan fingerprint density at radius 3 is 2.09 bits per heavy atom. The molecule has 0 aliphatic carbocycles. The summed E-state index contributed by atoms with van der Waals surface area (Å²) in [6.45, 7) is 2.99. The van der Waals surface area contributed by atoms with E-state index in [-0.39, 0.29) is 13.2 Å². The maximum Gasteiger partial charge on any atom is 0.0751 e. The highest BCUT2D eigenvalue weighted by molar-refractivity contribution is 4.85. The van der Waals surface area contributed by atoms with Crippen LogP contribution in [0, 0.1) is 0 Å². The first-order chi connectivity index (χ1) is 5.08. The molecule has 0 aliphatic rings. The zero-order valence-electron chi connectivity index (χ0n) is 7.25. The predicted octanol–water partition coefficient (Wildman–Crippen LogP) is -1.38. The van der Waals surface area contributed by atoms with Crippen molar-refractivity contribution in [1.82, 2.24) is 4.90 Å². The van der Waals surface area contributed by atoms with Crippen molar-refractivity contribution in [3.8, 4) is 0 Å². The molecule has 0 bridgehead atoms. The monoisotopic (exact) mass is 162 g/mol. The van der Waals surface area contributed by atoms with Gasteiger partial charge in [-0.25, -0.2) is 0 Å². The number of likely N-dealkylation sites (N-methyl/N-ethyl adjacent to an activating group) is 1. The van der Waals surface area contributed by atoms with Crippen LogP contribution in [0.15, 0.2) is 0 Å². The molecule has 0 aromatic rings. The van der Waals surface area contributed by atoms with Crippen LogP contribution in [0.2, 0.25) is 0 Å². The zero-order chi connectivity index (χ0) is 8.91. The molecule has 0 aromatic carbocycles. The fourth-order valence-corrected chi connectivity index (χ4v) is 0.799. The lowest BCUT2D eigenvalue weighted by atomic mass is 10.0. The molecule has 4 N–H and O–H groups in total. The van der Waals surface area contributed by atoms with Crippen molar-refractivity contribution >= 4 is 0 Å². The van der Waals surface area contributed by atoms with Crippen LogP contribution >= 0.6 is 0 Å². The number of aliphatic hydroxyl groups is 2. The first-order valence-electron chi connectivity index (χ1n) is 3.77. The molecular formula is C7H18N2O2. The van der Waals surface area contributed by atoms with Gasteiger partial charge in [-0.1, -0.05) is 6.92 Å². The minimum absolute atomic E-state index is 0.187. The quantitative estimate of drug-likeness (QED) is 0.466. The lowest BCUT2D eigenvalue weighted by Crippen LogP contribution is -2.55. The van der Waals surface area contributed by atoms with E-state index in [1.54, 1.807) is 0 Å². The number of aliphatic hydroxyl groups excluding tert-OH is 2. The Bertz CT molecular complexity index is 105. The lowest BCUT2D eigenvalue weighted by Gasteiger charge is -2.29. The molecule has 0 saturated carbocycles. The maximum absolute atomic E-state index is 8.82. The highest BCUT2D eigenvalue weighted by Crippen LogP contribution is 1.99. The third-order valence-corrected chi connectivity index (χ3v) is 1.75. The molecule has 0 saturated heterocycles. The van der Waals surface area contributed by atoms with E-state index in [0.29, 0.717) is 6.54 Å². The Hall–Kier alpha value is -0.160. The normalized spacial score (nSPS) is 12.5. The topological polar surface area (TPSA) is 69.7 Å². The molecule has 0 aromatic heterocycles. The Labute approximate surface area is 67.6 Å². The van der Waals surface area contributed by atoms with E-state index < -0.39 is 5.54 Å². The highest BCUT2D eigenvalue weighted by Gasteiger charge is 2.23. The maximum atomic E-state index is 8.82. The van der Waals surface area contributed by atoms with Crippen LogP contribution in [0.3, 0.4) is 0 Å². The number of nitrogens with two attached hydrogens (primary N) is 1. The Morgan fingerprint density at radius 1 is 1.36 bits per heavy atom. The standard InChI is InChI=1S/C7H18N2O2/c1-3-9(2)4-7(8,5-10)6-11/h10-11H,3-6,8H2,1-2H3. The molecule has 0 amide bonds. The SMILES string of the molecule is CCN(C)CC(N)(CO)CO. The van der Waals surface area contributed by atoms with Gasteiger partial charge in [0.25, 0.3) is 0 Å². The van der Waals surface area contributed by atoms with Crippen molar-refractivity contribution in [2.75, 3.05) is 33.4 Å². The molecule has 0 fully saturated rings. The lowest BCUT2D eigenvalue weighted by molar-refractivity contribution is 0.0930. The molecule has 4 nitrogen and oxygen atoms in total. The van der Waals surface area contributed by atoms with Crippen molar-refractivity contribution in [2.24, 2.45) is 5.73 Å². The second-order valence-corrected chi connectivity index (χ2v) is 3.01. The van der Waals surface area contributed by atoms with E-state index in [1.807, 2.05) is 18.9 Å². The molecule has 0 atom stereocenters. The summed E-state index contributed by atoms with van der Waals surface area (Å²) in [5, 5.41) is 17.6. The molecule has 0 unspecified atom stereocenters. The van der Waals surface area contributed by atoms with Gasteiger partial charge in [-0.15, -0.1) is 0 Å². The molecular weight excluding hydrogens is 144 g/mol. The number of nitrogens with zero attached hydrogens (tertiary/aromatic N) is 1. The van der Waals surface area contributed by atoms with Gasteiger partial charge in [0.2, 0.25) is 0 Å². The van der Waals surface area contributed by atoms with E-state index in [2.05, 4.69) is 0 Å². The summed E-state index contributed by atoms with van der Waals surface area (Å²) in [7, 11) is 1.90. The van der Waals surface area contributed by atoms with Crippen molar-refractivity contribution in [1.29, 1.82) is 0 Å². The van der Waals surface area contributed by atoms with Crippen molar-refractivity contribution in [2.45, 2.75) is 12.5 Å². The van der Waals surface area contributed by atoms with Gasteiger partial charge < -0.3 is 20.8 Å². The van der Waals surface area contributed by atoms with Crippen LogP contribution in [0.4, 0.5) is 0 Å². The summed E-state index contributed by atoms with van der Waals surface area (Å²) < 4.78 is 0. The molecule has 0 rings (SSSR count). The van der Waals surface area contributed by atoms with Gasteiger partial charge >= 0.3 is 0 Å². The van der Waals surface area contributed by atoms with E-state index in [0.717, 1.165) is 6.54 Å². The first kappa shape index (κ1) is 10.8. The smallest absolute Gasteiger partial charge is 0.0751 e. The fourth-order valence-electron chi connectivity index (χ4n) is 0.799. The third kappa shape index (κ3) is 3.67. The van der Waals surface area contributed by atoms with Gasteiger partial charge in [0, 0.05) is 6.54 Å². The molecule has 0 aliphatic heterocycles. The summed E-state index contributed by atoms with van der Waals surface area (Å²) in [5.41, 5.74) is 4.78. The minimum atomic E-state index is -0.856. The summed E-state index contributed by atoms with van der Waals surface area (Å²) in [6, 6.07) is 0. The van der Waals surface area contributed by atoms with Crippen LogP contribution < -0.4 is 5.73 Å². The van der Waals surface area contributed by atoms with Gasteiger partial charge in [0.05, 0.1) is 18.8 Å². The summed E-state index contributed by atoms with van der Waals surface area (Å²) in [4.78, 5) is 1.95. The summed E-state index contributed by atoms with van der Waals surface area (Å²) >= 11 is 0. The summed E-state index contributed by atoms with van der Waals surface area (Å²) in [5.74, 6) is 0. The predicted molar refractivity (Wildman–Crippen MR) is 44.3 cm³/mol. The van der Waals surface area contributed by atoms with Crippen LogP contribution in [0.5, 0.6) is 0 Å². The van der Waals surface area contributed by atoms with Crippen LogP contribution in [-0.2, 0) is 0 Å². The van der Waals surface area contributed by atoms with Gasteiger partial charge in [-0.05, 0) is 13.6 Å². The number of hydrogen-bond acceptors (Lipinski definition) is 4. The first-order valence-corrected chi connectivity index (χ1v) is 3.77. The third-order valence-electron chi connectivity index (χ3n) is 1.75. The van der Waals surface area contributed by atoms with Crippen LogP contribution in [0.25, 0.3) is 0 Å². The molecule has 4 heteroatoms. The van der Waals surface area contributed by atoms with Crippen LogP contribution in [-0.4, -0.2) is 54.0 Å². The molecule has 68 valence electrons. The molecule has 11 heavy (non-hydrogen) atoms. The second kappa shape index (κ2) is 4.66. The average Bonchev–Trinajstić information content (AvgIpc) is 2.04. The molecule has 0 heterocycles. The van der Waals surface area contributed by atoms with E-state index in [1.165, 1.54) is 0 Å². The Kier molecular flexibility index (Phi) is 4.60. The number of hydrogen-bond donors (Lipinski definition) is 3. The van der Waals surface area contributed by atoms with Crippen molar-refractivity contribution in [3.63, 3.8) is 0 Å². The zero-order valence-corrected chi connectivity index (χ0v) is 7.25. The minimum Gasteiger partial charge on any atom is -0.394 e. The largest absolute Gasteiger partial charge is 0.394 e. The van der Waals surface area contributed by atoms with E-state index in [4.69, 9.17) is 15.9 Å². The Balaban J connectivity index is 3.86. The second-order valence-electron chi connectivity index (χ2n) is 3.01. The van der Waals surface area contributed by atoms with Gasteiger partial charge in [-0.3, -0.25) is 0 Å².